The van der Waals surface area contributed by atoms with Crippen LogP contribution in [0.2, 0.25) is 0 Å². The molecule has 0 heterocycles. The molecule has 0 aromatic carbocycles. The van der Waals surface area contributed by atoms with Gasteiger partial charge in [-0.2, -0.15) is 5.01 Å². The smallest absolute Gasteiger partial charge is 0.221 e. The fourth-order valence-electron chi connectivity index (χ4n) is 2.66. The molecule has 110 valence electrons. The van der Waals surface area contributed by atoms with Crippen molar-refractivity contribution >= 4 is 12.1 Å². The maximum absolute atomic E-state index is 12.0. The summed E-state index contributed by atoms with van der Waals surface area (Å²) >= 11 is 0. The second-order valence-electron chi connectivity index (χ2n) is 5.50. The fourth-order valence-corrected chi connectivity index (χ4v) is 2.66. The highest BCUT2D eigenvalue weighted by molar-refractivity contribution is 5.80. The third kappa shape index (κ3) is 5.09. The summed E-state index contributed by atoms with van der Waals surface area (Å²) in [6, 6.07) is 0. The van der Waals surface area contributed by atoms with Gasteiger partial charge in [-0.25, -0.2) is 0 Å². The average molecular weight is 269 g/mol. The SMILES string of the molecule is CCCCCCN(C)/[N+]([O-])=C\C1CCC[C@H]1C(N)=O. The molecule has 1 amide bonds. The normalized spacial score (nSPS) is 23.6. The molecule has 1 rings (SSSR count). The van der Waals surface area contributed by atoms with Gasteiger partial charge in [-0.1, -0.05) is 37.5 Å². The Hall–Kier alpha value is -1.26. The Morgan fingerprint density at radius 2 is 2.16 bits per heavy atom. The van der Waals surface area contributed by atoms with Crippen molar-refractivity contribution in [1.29, 1.82) is 0 Å². The van der Waals surface area contributed by atoms with E-state index >= 15 is 0 Å². The number of rotatable bonds is 8. The van der Waals surface area contributed by atoms with Gasteiger partial charge in [0.2, 0.25) is 5.91 Å². The number of carbonyl (C=O) groups is 1. The Labute approximate surface area is 116 Å². The number of hydrazone groups is 1. The van der Waals surface area contributed by atoms with Crippen LogP contribution in [0.1, 0.15) is 51.9 Å². The lowest BCUT2D eigenvalue weighted by Gasteiger charge is -2.19. The molecule has 0 bridgehead atoms. The lowest BCUT2D eigenvalue weighted by molar-refractivity contribution is -0.628. The van der Waals surface area contributed by atoms with E-state index < -0.39 is 0 Å². The van der Waals surface area contributed by atoms with Gasteiger partial charge in [0.25, 0.3) is 0 Å². The number of hydrazine groups is 1. The van der Waals surface area contributed by atoms with Crippen molar-refractivity contribution < 1.29 is 9.64 Å². The molecule has 5 nitrogen and oxygen atoms in total. The molecular weight excluding hydrogens is 242 g/mol. The zero-order valence-electron chi connectivity index (χ0n) is 12.2. The summed E-state index contributed by atoms with van der Waals surface area (Å²) in [5.74, 6) is -0.434. The highest BCUT2D eigenvalue weighted by Crippen LogP contribution is 2.29. The van der Waals surface area contributed by atoms with Crippen LogP contribution in [-0.4, -0.2) is 35.6 Å². The zero-order chi connectivity index (χ0) is 14.3. The van der Waals surface area contributed by atoms with E-state index in [2.05, 4.69) is 6.92 Å². The van der Waals surface area contributed by atoms with Crippen molar-refractivity contribution in [2.24, 2.45) is 17.6 Å². The molecular formula is C14H27N3O2. The molecule has 0 aromatic rings. The molecule has 2 atom stereocenters. The maximum atomic E-state index is 12.0. The van der Waals surface area contributed by atoms with Gasteiger partial charge in [0, 0.05) is 5.92 Å². The number of unbranched alkanes of at least 4 members (excludes halogenated alkanes) is 3. The average Bonchev–Trinajstić information content (AvgIpc) is 2.82. The summed E-state index contributed by atoms with van der Waals surface area (Å²) in [5.41, 5.74) is 5.36. The van der Waals surface area contributed by atoms with E-state index in [1.165, 1.54) is 12.8 Å². The first-order valence-electron chi connectivity index (χ1n) is 7.38. The molecule has 2 N–H and O–H groups in total. The van der Waals surface area contributed by atoms with Crippen molar-refractivity contribution in [3.63, 3.8) is 0 Å². The quantitative estimate of drug-likeness (QED) is 0.240. The highest BCUT2D eigenvalue weighted by atomic mass is 16.5. The lowest BCUT2D eigenvalue weighted by atomic mass is 9.97. The van der Waals surface area contributed by atoms with Crippen LogP contribution >= 0.6 is 0 Å². The van der Waals surface area contributed by atoms with E-state index in [0.29, 0.717) is 0 Å². The van der Waals surface area contributed by atoms with Gasteiger partial charge in [-0.05, 0) is 19.3 Å². The first kappa shape index (κ1) is 15.8. The van der Waals surface area contributed by atoms with Crippen LogP contribution < -0.4 is 5.73 Å². The Morgan fingerprint density at radius 3 is 2.79 bits per heavy atom. The number of carbonyl (C=O) groups excluding carboxylic acids is 1. The van der Waals surface area contributed by atoms with Crippen molar-refractivity contribution in [2.45, 2.75) is 51.9 Å². The minimum absolute atomic E-state index is 0.00749. The summed E-state index contributed by atoms with van der Waals surface area (Å²) in [5, 5.41) is 13.6. The molecule has 19 heavy (non-hydrogen) atoms. The predicted molar refractivity (Wildman–Crippen MR) is 76.5 cm³/mol. The topological polar surface area (TPSA) is 72.4 Å². The highest BCUT2D eigenvalue weighted by Gasteiger charge is 2.33. The van der Waals surface area contributed by atoms with Crippen molar-refractivity contribution in [2.75, 3.05) is 13.6 Å². The Morgan fingerprint density at radius 1 is 1.42 bits per heavy atom. The van der Waals surface area contributed by atoms with Gasteiger partial charge < -0.3 is 10.9 Å². The summed E-state index contributed by atoms with van der Waals surface area (Å²) in [7, 11) is 1.80. The Balaban J connectivity index is 2.43. The minimum Gasteiger partial charge on any atom is -0.597 e. The number of amides is 1. The molecule has 1 aliphatic rings. The van der Waals surface area contributed by atoms with Gasteiger partial charge in [-0.15, -0.1) is 0 Å². The monoisotopic (exact) mass is 269 g/mol. The van der Waals surface area contributed by atoms with Crippen molar-refractivity contribution in [1.82, 2.24) is 5.01 Å². The van der Waals surface area contributed by atoms with Crippen LogP contribution in [0.25, 0.3) is 0 Å². The zero-order valence-corrected chi connectivity index (χ0v) is 12.2. The van der Waals surface area contributed by atoms with E-state index in [1.807, 2.05) is 0 Å². The number of hydrogen-bond donors (Lipinski definition) is 1. The molecule has 0 aromatic heterocycles. The molecule has 5 heteroatoms. The lowest BCUT2D eigenvalue weighted by Crippen LogP contribution is -2.34. The second kappa shape index (κ2) is 8.02. The number of nitrogens with zero attached hydrogens (tertiary/aromatic N) is 2. The summed E-state index contributed by atoms with van der Waals surface area (Å²) in [6.07, 6.45) is 8.89. The largest absolute Gasteiger partial charge is 0.597 e. The van der Waals surface area contributed by atoms with E-state index in [4.69, 9.17) is 5.73 Å². The van der Waals surface area contributed by atoms with Crippen LogP contribution in [0.4, 0.5) is 0 Å². The van der Waals surface area contributed by atoms with Crippen LogP contribution in [-0.2, 0) is 4.79 Å². The van der Waals surface area contributed by atoms with Gasteiger partial charge in [0.1, 0.15) is 0 Å². The predicted octanol–water partition coefficient (Wildman–Crippen LogP) is 1.90. The van der Waals surface area contributed by atoms with Gasteiger partial charge in [0.05, 0.1) is 19.5 Å². The van der Waals surface area contributed by atoms with Crippen molar-refractivity contribution in [3.05, 3.63) is 5.21 Å². The molecule has 1 unspecified atom stereocenters. The third-order valence-corrected chi connectivity index (χ3v) is 3.93. The first-order valence-corrected chi connectivity index (χ1v) is 7.38. The van der Waals surface area contributed by atoms with Crippen LogP contribution in [0.5, 0.6) is 0 Å². The minimum atomic E-state index is -0.280. The molecule has 1 fully saturated rings. The molecule has 0 aliphatic heterocycles. The van der Waals surface area contributed by atoms with Crippen LogP contribution in [0.15, 0.2) is 0 Å². The second-order valence-corrected chi connectivity index (χ2v) is 5.50. The fraction of sp³-hybridized carbons (Fsp3) is 0.857. The Kier molecular flexibility index (Phi) is 6.67. The first-order chi connectivity index (χ1) is 9.06. The third-order valence-electron chi connectivity index (χ3n) is 3.93. The number of nitrogens with two attached hydrogens (primary N) is 1. The van der Waals surface area contributed by atoms with Gasteiger partial charge in [-0.3, -0.25) is 4.79 Å². The van der Waals surface area contributed by atoms with Crippen LogP contribution in [0, 0.1) is 17.0 Å². The van der Waals surface area contributed by atoms with E-state index in [0.717, 1.165) is 43.5 Å². The summed E-state index contributed by atoms with van der Waals surface area (Å²) in [6.45, 7) is 2.93. The number of hydrogen-bond acceptors (Lipinski definition) is 3. The molecule has 0 spiro atoms. The molecule has 0 saturated heterocycles. The van der Waals surface area contributed by atoms with Crippen molar-refractivity contribution in [3.8, 4) is 0 Å². The number of primary amides is 1. The maximum Gasteiger partial charge on any atom is 0.221 e. The standard InChI is InChI=1S/C14H27N3O2/c1-3-4-5-6-10-16(2)17(19)11-12-8-7-9-13(12)14(15)18/h11-13H,3-10H2,1-2H3,(H2,15,18)/b17-11+/t12?,13-/m1/s1. The Bertz CT molecular complexity index is 318. The van der Waals surface area contributed by atoms with E-state index in [-0.39, 0.29) is 17.7 Å². The summed E-state index contributed by atoms with van der Waals surface area (Å²) in [4.78, 5) is 12.2. The van der Waals surface area contributed by atoms with Gasteiger partial charge in [0.15, 0.2) is 6.21 Å². The van der Waals surface area contributed by atoms with E-state index in [1.54, 1.807) is 18.3 Å². The summed E-state index contributed by atoms with van der Waals surface area (Å²) < 4.78 is 0. The molecule has 0 radical (unpaired) electrons. The van der Waals surface area contributed by atoms with Gasteiger partial charge >= 0.3 is 0 Å². The van der Waals surface area contributed by atoms with Crippen LogP contribution in [0.3, 0.4) is 0 Å². The molecule has 1 saturated carbocycles. The van der Waals surface area contributed by atoms with E-state index in [9.17, 15) is 10.0 Å². The molecule has 1 aliphatic carbocycles.